The third-order valence-corrected chi connectivity index (χ3v) is 8.25. The van der Waals surface area contributed by atoms with E-state index in [1.165, 1.54) is 23.8 Å². The van der Waals surface area contributed by atoms with E-state index in [-0.39, 0.29) is 23.9 Å². The molecule has 3 heterocycles. The Balaban J connectivity index is 1.30. The molecule has 1 amide bonds. The number of aromatic nitrogens is 1. The molecule has 3 aromatic rings. The molecule has 0 radical (unpaired) electrons. The largest absolute Gasteiger partial charge is 0.453 e. The fourth-order valence-corrected chi connectivity index (χ4v) is 5.81. The lowest BCUT2D eigenvalue weighted by Gasteiger charge is -2.24. The second-order valence-electron chi connectivity index (χ2n) is 9.87. The van der Waals surface area contributed by atoms with Crippen molar-refractivity contribution >= 4 is 33.2 Å². The Morgan fingerprint density at radius 1 is 1.17 bits per heavy atom. The normalized spacial score (nSPS) is 18.3. The van der Waals surface area contributed by atoms with Crippen molar-refractivity contribution in [1.82, 2.24) is 14.8 Å². The number of pyridine rings is 1. The summed E-state index contributed by atoms with van der Waals surface area (Å²) in [6.45, 7) is 1.44. The molecular weight excluding hydrogens is 465 g/mol. The number of nitrogens with zero attached hydrogens (tertiary/aromatic N) is 3. The SMILES string of the molecule is CN(C)[C@H]1CCN(C(=O)c2cc3nccc(Oc4ccc(CC(=O)CC5CCC5)cc4F)c3s2)C1. The van der Waals surface area contributed by atoms with Crippen LogP contribution in [0.25, 0.3) is 10.2 Å². The standard InChI is InChI=1S/C27H30FN3O3S/c1-30(2)19-9-11-31(16-19)27(33)25-15-22-26(35-25)24(8-10-29-22)34-23-7-6-18(14-21(23)28)13-20(32)12-17-4-3-5-17/h6-8,10,14-15,17,19H,3-5,9,11-13,16H2,1-2H3/t19-/m0/s1. The van der Waals surface area contributed by atoms with Crippen molar-refractivity contribution in [3.63, 3.8) is 0 Å². The highest BCUT2D eigenvalue weighted by Crippen LogP contribution is 2.37. The van der Waals surface area contributed by atoms with Gasteiger partial charge in [0.25, 0.3) is 5.91 Å². The van der Waals surface area contributed by atoms with Crippen LogP contribution in [0.5, 0.6) is 11.5 Å². The summed E-state index contributed by atoms with van der Waals surface area (Å²) in [5.41, 5.74) is 1.31. The molecule has 8 heteroatoms. The molecule has 35 heavy (non-hydrogen) atoms. The minimum atomic E-state index is -0.511. The van der Waals surface area contributed by atoms with Crippen LogP contribution in [0.3, 0.4) is 0 Å². The predicted molar refractivity (Wildman–Crippen MR) is 135 cm³/mol. The third-order valence-electron chi connectivity index (χ3n) is 7.13. The summed E-state index contributed by atoms with van der Waals surface area (Å²) < 4.78 is 21.5. The van der Waals surface area contributed by atoms with Gasteiger partial charge in [0, 0.05) is 44.2 Å². The highest BCUT2D eigenvalue weighted by molar-refractivity contribution is 7.21. The topological polar surface area (TPSA) is 62.7 Å². The lowest BCUT2D eigenvalue weighted by Crippen LogP contribution is -2.34. The number of carbonyl (C=O) groups excluding carboxylic acids is 2. The number of amides is 1. The number of hydrogen-bond acceptors (Lipinski definition) is 6. The second-order valence-corrected chi connectivity index (χ2v) is 10.9. The van der Waals surface area contributed by atoms with Crippen LogP contribution in [-0.4, -0.2) is 59.7 Å². The number of rotatable bonds is 8. The Morgan fingerprint density at radius 2 is 2.00 bits per heavy atom. The first-order chi connectivity index (χ1) is 16.9. The molecule has 1 saturated heterocycles. The maximum absolute atomic E-state index is 14.9. The summed E-state index contributed by atoms with van der Waals surface area (Å²) in [5.74, 6) is 0.687. The first-order valence-corrected chi connectivity index (χ1v) is 13.0. The number of ether oxygens (including phenoxy) is 1. The van der Waals surface area contributed by atoms with Crippen molar-refractivity contribution in [2.75, 3.05) is 27.2 Å². The molecule has 2 fully saturated rings. The minimum absolute atomic E-state index is 0.00889. The van der Waals surface area contributed by atoms with E-state index in [1.807, 2.05) is 19.0 Å². The van der Waals surface area contributed by atoms with Crippen LogP contribution in [0.4, 0.5) is 4.39 Å². The van der Waals surface area contributed by atoms with Crippen molar-refractivity contribution in [3.05, 3.63) is 52.8 Å². The van der Waals surface area contributed by atoms with Crippen LogP contribution in [0, 0.1) is 11.7 Å². The van der Waals surface area contributed by atoms with Gasteiger partial charge in [-0.05, 0) is 50.2 Å². The Hall–Kier alpha value is -2.84. The average Bonchev–Trinajstić information content (AvgIpc) is 3.46. The van der Waals surface area contributed by atoms with Crippen LogP contribution >= 0.6 is 11.3 Å². The van der Waals surface area contributed by atoms with Gasteiger partial charge in [0.15, 0.2) is 11.6 Å². The van der Waals surface area contributed by atoms with Gasteiger partial charge in [0.1, 0.15) is 11.5 Å². The van der Waals surface area contributed by atoms with E-state index in [2.05, 4.69) is 9.88 Å². The number of Topliss-reactive ketones (excluding diaryl/α,β-unsaturated/α-hetero) is 1. The number of carbonyl (C=O) groups is 2. The zero-order chi connectivity index (χ0) is 24.5. The zero-order valence-corrected chi connectivity index (χ0v) is 20.9. The molecule has 0 unspecified atom stereocenters. The van der Waals surface area contributed by atoms with Gasteiger partial charge in [-0.25, -0.2) is 4.39 Å². The Labute approximate surface area is 208 Å². The van der Waals surface area contributed by atoms with Crippen molar-refractivity contribution < 1.29 is 18.7 Å². The highest BCUT2D eigenvalue weighted by Gasteiger charge is 2.29. The van der Waals surface area contributed by atoms with E-state index < -0.39 is 5.82 Å². The molecule has 2 aliphatic rings. The van der Waals surface area contributed by atoms with Crippen molar-refractivity contribution in [2.24, 2.45) is 5.92 Å². The van der Waals surface area contributed by atoms with E-state index >= 15 is 0 Å². The number of thiophene rings is 1. The van der Waals surface area contributed by atoms with Gasteiger partial charge >= 0.3 is 0 Å². The first-order valence-electron chi connectivity index (χ1n) is 12.2. The van der Waals surface area contributed by atoms with E-state index in [9.17, 15) is 14.0 Å². The van der Waals surface area contributed by atoms with Crippen molar-refractivity contribution in [1.29, 1.82) is 0 Å². The Kier molecular flexibility index (Phi) is 6.84. The summed E-state index contributed by atoms with van der Waals surface area (Å²) >= 11 is 1.32. The lowest BCUT2D eigenvalue weighted by molar-refractivity contribution is -0.119. The van der Waals surface area contributed by atoms with Gasteiger partial charge in [-0.2, -0.15) is 0 Å². The van der Waals surface area contributed by atoms with E-state index in [1.54, 1.807) is 30.5 Å². The summed E-state index contributed by atoms with van der Waals surface area (Å²) in [6.07, 6.45) is 6.84. The zero-order valence-electron chi connectivity index (χ0n) is 20.1. The fourth-order valence-electron chi connectivity index (χ4n) is 4.78. The molecular formula is C27H30FN3O3S. The number of ketones is 1. The van der Waals surface area contributed by atoms with Crippen LogP contribution in [0.1, 0.15) is 47.3 Å². The summed E-state index contributed by atoms with van der Waals surface area (Å²) in [7, 11) is 4.06. The number of likely N-dealkylation sites (N-methyl/N-ethyl adjacent to an activating group) is 1. The van der Waals surface area contributed by atoms with Crippen molar-refractivity contribution in [3.8, 4) is 11.5 Å². The van der Waals surface area contributed by atoms with Gasteiger partial charge in [-0.1, -0.05) is 25.3 Å². The molecule has 1 aliphatic heterocycles. The lowest BCUT2D eigenvalue weighted by atomic mass is 9.81. The van der Waals surface area contributed by atoms with Gasteiger partial charge in [-0.15, -0.1) is 11.3 Å². The van der Waals surface area contributed by atoms with Crippen LogP contribution in [0.15, 0.2) is 36.5 Å². The molecule has 0 N–H and O–H groups in total. The Morgan fingerprint density at radius 3 is 2.69 bits per heavy atom. The highest BCUT2D eigenvalue weighted by atomic mass is 32.1. The Bertz CT molecular complexity index is 1250. The van der Waals surface area contributed by atoms with E-state index in [4.69, 9.17) is 4.74 Å². The van der Waals surface area contributed by atoms with Crippen LogP contribution < -0.4 is 4.74 Å². The maximum Gasteiger partial charge on any atom is 0.264 e. The molecule has 0 spiro atoms. The van der Waals surface area contributed by atoms with Gasteiger partial charge in [-0.3, -0.25) is 14.6 Å². The smallest absolute Gasteiger partial charge is 0.264 e. The second kappa shape index (κ2) is 10.0. The number of fused-ring (bicyclic) bond motifs is 1. The number of likely N-dealkylation sites (tertiary alicyclic amines) is 1. The molecule has 5 rings (SSSR count). The summed E-state index contributed by atoms with van der Waals surface area (Å²) in [5, 5.41) is 0. The average molecular weight is 496 g/mol. The molecule has 2 aromatic heterocycles. The molecule has 6 nitrogen and oxygen atoms in total. The first kappa shape index (κ1) is 23.9. The molecule has 184 valence electrons. The third kappa shape index (κ3) is 5.23. The van der Waals surface area contributed by atoms with E-state index in [0.29, 0.717) is 51.3 Å². The summed E-state index contributed by atoms with van der Waals surface area (Å²) in [4.78, 5) is 34.4. The number of hydrogen-bond donors (Lipinski definition) is 0. The van der Waals surface area contributed by atoms with Crippen LogP contribution in [-0.2, 0) is 11.2 Å². The molecule has 1 aromatic carbocycles. The monoisotopic (exact) mass is 495 g/mol. The minimum Gasteiger partial charge on any atom is -0.453 e. The maximum atomic E-state index is 14.9. The van der Waals surface area contributed by atoms with Gasteiger partial charge < -0.3 is 14.5 Å². The van der Waals surface area contributed by atoms with Gasteiger partial charge in [0.2, 0.25) is 0 Å². The molecule has 1 saturated carbocycles. The van der Waals surface area contributed by atoms with Crippen LogP contribution in [0.2, 0.25) is 0 Å². The van der Waals surface area contributed by atoms with Gasteiger partial charge in [0.05, 0.1) is 15.1 Å². The number of benzene rings is 1. The fraction of sp³-hybridized carbons (Fsp3) is 0.444. The number of halogens is 1. The molecule has 0 bridgehead atoms. The quantitative estimate of drug-likeness (QED) is 0.424. The van der Waals surface area contributed by atoms with E-state index in [0.717, 1.165) is 25.8 Å². The van der Waals surface area contributed by atoms with Crippen molar-refractivity contribution in [2.45, 2.75) is 44.6 Å². The molecule has 1 aliphatic carbocycles. The predicted octanol–water partition coefficient (Wildman–Crippen LogP) is 5.31. The summed E-state index contributed by atoms with van der Waals surface area (Å²) in [6, 6.07) is 8.52. The molecule has 1 atom stereocenters.